The lowest BCUT2D eigenvalue weighted by molar-refractivity contribution is 0.0675. The molecule has 2 heterocycles. The number of hydrogen-bond donors (Lipinski definition) is 4. The van der Waals surface area contributed by atoms with Gasteiger partial charge in [-0.1, -0.05) is 0 Å². The molecule has 134 valence electrons. The molecule has 25 heavy (non-hydrogen) atoms. The number of hydrogen-bond acceptors (Lipinski definition) is 8. The fourth-order valence-electron chi connectivity index (χ4n) is 1.55. The van der Waals surface area contributed by atoms with Crippen LogP contribution >= 0.6 is 15.9 Å². The lowest BCUT2D eigenvalue weighted by atomic mass is 10.3. The highest BCUT2D eigenvalue weighted by Crippen LogP contribution is 2.31. The minimum absolute atomic E-state index is 0.0688. The monoisotopic (exact) mass is 416 g/mol. The molecule has 0 saturated heterocycles. The SMILES string of the molecule is COc1cc(Br)nc(C(=O)O)c1O.COc1ccnc(C(=O)O)c1O. The van der Waals surface area contributed by atoms with Crippen LogP contribution in [0.1, 0.15) is 21.0 Å². The van der Waals surface area contributed by atoms with Gasteiger partial charge in [0.1, 0.15) is 4.60 Å². The minimum Gasteiger partial charge on any atom is -0.503 e. The number of rotatable bonds is 4. The van der Waals surface area contributed by atoms with Crippen molar-refractivity contribution in [3.8, 4) is 23.0 Å². The van der Waals surface area contributed by atoms with Gasteiger partial charge >= 0.3 is 11.9 Å². The van der Waals surface area contributed by atoms with Crippen molar-refractivity contribution >= 4 is 27.9 Å². The molecule has 0 fully saturated rings. The molecular formula is C14H13BrN2O8. The van der Waals surface area contributed by atoms with Crippen molar-refractivity contribution < 1.29 is 39.5 Å². The van der Waals surface area contributed by atoms with Crippen LogP contribution in [-0.4, -0.2) is 56.6 Å². The van der Waals surface area contributed by atoms with Crippen LogP contribution < -0.4 is 9.47 Å². The summed E-state index contributed by atoms with van der Waals surface area (Å²) in [7, 11) is 2.66. The van der Waals surface area contributed by atoms with E-state index >= 15 is 0 Å². The number of carbonyl (C=O) groups is 2. The van der Waals surface area contributed by atoms with Crippen LogP contribution in [0.3, 0.4) is 0 Å². The Balaban J connectivity index is 0.000000251. The molecule has 0 amide bonds. The van der Waals surface area contributed by atoms with E-state index in [9.17, 15) is 19.8 Å². The maximum absolute atomic E-state index is 10.5. The van der Waals surface area contributed by atoms with E-state index in [4.69, 9.17) is 14.9 Å². The molecule has 0 aromatic carbocycles. The first-order valence-corrected chi connectivity index (χ1v) is 7.14. The quantitative estimate of drug-likeness (QED) is 0.540. The summed E-state index contributed by atoms with van der Waals surface area (Å²) in [5, 5.41) is 35.6. The number of methoxy groups -OCH3 is 2. The van der Waals surface area contributed by atoms with Crippen LogP contribution in [0.15, 0.2) is 22.9 Å². The van der Waals surface area contributed by atoms with Gasteiger partial charge in [-0.05, 0) is 15.9 Å². The second kappa shape index (κ2) is 8.68. The maximum atomic E-state index is 10.5. The first-order valence-electron chi connectivity index (χ1n) is 6.34. The summed E-state index contributed by atoms with van der Waals surface area (Å²) < 4.78 is 9.71. The molecule has 0 aliphatic heterocycles. The summed E-state index contributed by atoms with van der Waals surface area (Å²) in [6.07, 6.45) is 1.25. The van der Waals surface area contributed by atoms with Crippen LogP contribution in [0, 0.1) is 0 Å². The average Bonchev–Trinajstić information content (AvgIpc) is 2.56. The van der Waals surface area contributed by atoms with E-state index in [1.54, 1.807) is 0 Å². The summed E-state index contributed by atoms with van der Waals surface area (Å²) in [6.45, 7) is 0. The fraction of sp³-hybridized carbons (Fsp3) is 0.143. The summed E-state index contributed by atoms with van der Waals surface area (Å²) in [4.78, 5) is 28.0. The summed E-state index contributed by atoms with van der Waals surface area (Å²) in [6, 6.07) is 2.75. The van der Waals surface area contributed by atoms with Gasteiger partial charge in [0, 0.05) is 18.3 Å². The van der Waals surface area contributed by atoms with Gasteiger partial charge in [0.05, 0.1) is 14.2 Å². The number of pyridine rings is 2. The molecular weight excluding hydrogens is 404 g/mol. The van der Waals surface area contributed by atoms with Crippen LogP contribution in [-0.2, 0) is 0 Å². The van der Waals surface area contributed by atoms with E-state index in [1.807, 2.05) is 0 Å². The Morgan fingerprint density at radius 1 is 1.00 bits per heavy atom. The highest BCUT2D eigenvalue weighted by atomic mass is 79.9. The Morgan fingerprint density at radius 3 is 2.00 bits per heavy atom. The number of carboxylic acid groups (broad SMARTS) is 2. The van der Waals surface area contributed by atoms with E-state index < -0.39 is 34.8 Å². The number of halogens is 1. The zero-order chi connectivity index (χ0) is 19.1. The number of ether oxygens (including phenoxy) is 2. The molecule has 0 bridgehead atoms. The van der Waals surface area contributed by atoms with Gasteiger partial charge in [-0.2, -0.15) is 0 Å². The first kappa shape index (κ1) is 20.0. The van der Waals surface area contributed by atoms with Gasteiger partial charge in [-0.25, -0.2) is 19.6 Å². The molecule has 2 aromatic rings. The molecule has 11 heteroatoms. The van der Waals surface area contributed by atoms with Crippen molar-refractivity contribution in [3.05, 3.63) is 34.3 Å². The molecule has 0 aliphatic carbocycles. The predicted molar refractivity (Wildman–Crippen MR) is 86.5 cm³/mol. The van der Waals surface area contributed by atoms with Crippen molar-refractivity contribution in [3.63, 3.8) is 0 Å². The summed E-state index contributed by atoms with van der Waals surface area (Å²) in [5.74, 6) is -3.35. The van der Waals surface area contributed by atoms with Gasteiger partial charge in [0.25, 0.3) is 0 Å². The Morgan fingerprint density at radius 2 is 1.52 bits per heavy atom. The molecule has 0 spiro atoms. The minimum atomic E-state index is -1.31. The second-order valence-electron chi connectivity index (χ2n) is 4.17. The van der Waals surface area contributed by atoms with Crippen LogP contribution in [0.4, 0.5) is 0 Å². The lowest BCUT2D eigenvalue weighted by Gasteiger charge is -2.05. The Labute approximate surface area is 149 Å². The molecule has 2 aromatic heterocycles. The molecule has 10 nitrogen and oxygen atoms in total. The van der Waals surface area contributed by atoms with Crippen LogP contribution in [0.5, 0.6) is 23.0 Å². The highest BCUT2D eigenvalue weighted by Gasteiger charge is 2.17. The summed E-state index contributed by atoms with van der Waals surface area (Å²) >= 11 is 2.99. The molecule has 0 atom stereocenters. The standard InChI is InChI=1S/C7H6BrNO4.C7H7NO4/c1-13-3-2-4(8)9-5(6(3)10)7(11)12;1-12-4-2-3-8-5(6(4)9)7(10)11/h2,10H,1H3,(H,11,12);2-3,9H,1H3,(H,10,11). The van der Waals surface area contributed by atoms with Crippen molar-refractivity contribution in [1.82, 2.24) is 9.97 Å². The van der Waals surface area contributed by atoms with E-state index in [0.717, 1.165) is 0 Å². The first-order chi connectivity index (χ1) is 11.7. The zero-order valence-electron chi connectivity index (χ0n) is 12.9. The van der Waals surface area contributed by atoms with Crippen LogP contribution in [0.25, 0.3) is 0 Å². The predicted octanol–water partition coefficient (Wildman–Crippen LogP) is 1.75. The van der Waals surface area contributed by atoms with Gasteiger partial charge in [-0.15, -0.1) is 0 Å². The fourth-order valence-corrected chi connectivity index (χ4v) is 1.93. The maximum Gasteiger partial charge on any atom is 0.358 e. The smallest absolute Gasteiger partial charge is 0.358 e. The second-order valence-corrected chi connectivity index (χ2v) is 4.98. The molecule has 0 radical (unpaired) electrons. The molecule has 0 aliphatic rings. The molecule has 0 unspecified atom stereocenters. The van der Waals surface area contributed by atoms with Gasteiger partial charge in [0.2, 0.25) is 0 Å². The van der Waals surface area contributed by atoms with Gasteiger partial charge in [-0.3, -0.25) is 0 Å². The Kier molecular flexibility index (Phi) is 6.93. The van der Waals surface area contributed by atoms with Gasteiger partial charge < -0.3 is 29.9 Å². The van der Waals surface area contributed by atoms with E-state index in [2.05, 4.69) is 30.6 Å². The molecule has 2 rings (SSSR count). The van der Waals surface area contributed by atoms with E-state index in [1.165, 1.54) is 32.5 Å². The third-order valence-electron chi connectivity index (χ3n) is 2.66. The normalized spacial score (nSPS) is 9.56. The Bertz CT molecular complexity index is 797. The number of carboxylic acids is 2. The third-order valence-corrected chi connectivity index (χ3v) is 3.06. The number of aromatic nitrogens is 2. The summed E-state index contributed by atoms with van der Waals surface area (Å²) in [5.41, 5.74) is -0.847. The average molecular weight is 417 g/mol. The number of aromatic hydroxyl groups is 2. The molecule has 0 saturated carbocycles. The highest BCUT2D eigenvalue weighted by molar-refractivity contribution is 9.10. The zero-order valence-corrected chi connectivity index (χ0v) is 14.5. The van der Waals surface area contributed by atoms with Crippen molar-refractivity contribution in [1.29, 1.82) is 0 Å². The van der Waals surface area contributed by atoms with Crippen LogP contribution in [0.2, 0.25) is 0 Å². The topological polar surface area (TPSA) is 159 Å². The number of nitrogens with zero attached hydrogens (tertiary/aromatic N) is 2. The lowest BCUT2D eigenvalue weighted by Crippen LogP contribution is -2.02. The van der Waals surface area contributed by atoms with Crippen molar-refractivity contribution in [2.45, 2.75) is 0 Å². The number of aromatic carboxylic acids is 2. The van der Waals surface area contributed by atoms with E-state index in [0.29, 0.717) is 4.60 Å². The Hall–Kier alpha value is -3.08. The van der Waals surface area contributed by atoms with Crippen molar-refractivity contribution in [2.24, 2.45) is 0 Å². The van der Waals surface area contributed by atoms with Gasteiger partial charge in [0.15, 0.2) is 34.4 Å². The molecule has 4 N–H and O–H groups in total. The van der Waals surface area contributed by atoms with Crippen molar-refractivity contribution in [2.75, 3.05) is 14.2 Å². The third kappa shape index (κ3) is 4.94. The largest absolute Gasteiger partial charge is 0.503 e. The van der Waals surface area contributed by atoms with E-state index in [-0.39, 0.29) is 11.5 Å².